The van der Waals surface area contributed by atoms with Gasteiger partial charge in [0.25, 0.3) is 0 Å². The molecule has 0 saturated heterocycles. The van der Waals surface area contributed by atoms with Gasteiger partial charge in [0.15, 0.2) is 0 Å². The van der Waals surface area contributed by atoms with E-state index in [1.807, 2.05) is 44.2 Å². The Kier molecular flexibility index (Phi) is 7.16. The van der Waals surface area contributed by atoms with Gasteiger partial charge in [-0.1, -0.05) is 55.1 Å². The second-order valence-corrected chi connectivity index (χ2v) is 9.92. The zero-order chi connectivity index (χ0) is 23.4. The number of benzene rings is 2. The molecule has 1 atom stereocenters. The maximum Gasteiger partial charge on any atom is 0.339 e. The first-order chi connectivity index (χ1) is 15.9. The predicted octanol–water partition coefficient (Wildman–Crippen LogP) is 7.21. The highest BCUT2D eigenvalue weighted by Gasteiger charge is 2.13. The molecule has 0 aliphatic carbocycles. The molecule has 0 radical (unpaired) electrons. The number of rotatable bonds is 7. The number of aryl methyl sites for hydroxylation is 1. The van der Waals surface area contributed by atoms with Crippen molar-refractivity contribution in [1.82, 2.24) is 4.98 Å². The van der Waals surface area contributed by atoms with Crippen LogP contribution < -0.4 is 5.63 Å². The number of nitrogens with zero attached hydrogens (tertiary/aromatic N) is 1. The lowest BCUT2D eigenvalue weighted by atomic mass is 10.1. The van der Waals surface area contributed by atoms with Gasteiger partial charge in [0.05, 0.1) is 10.7 Å². The van der Waals surface area contributed by atoms with Crippen molar-refractivity contribution >= 4 is 34.1 Å². The summed E-state index contributed by atoms with van der Waals surface area (Å²) < 4.78 is 5.42. The summed E-state index contributed by atoms with van der Waals surface area (Å²) in [6.45, 7) is 5.98. The van der Waals surface area contributed by atoms with E-state index in [1.54, 1.807) is 23.1 Å². The molecule has 2 aromatic carbocycles. The van der Waals surface area contributed by atoms with Gasteiger partial charge in [0.1, 0.15) is 11.3 Å². The highest BCUT2D eigenvalue weighted by atomic mass is 32.2. The van der Waals surface area contributed by atoms with E-state index in [0.717, 1.165) is 21.7 Å². The van der Waals surface area contributed by atoms with Crippen LogP contribution in [0.5, 0.6) is 5.75 Å². The molecule has 33 heavy (non-hydrogen) atoms. The van der Waals surface area contributed by atoms with Crippen molar-refractivity contribution in [3.63, 3.8) is 0 Å². The molecule has 4 aromatic rings. The quantitative estimate of drug-likeness (QED) is 0.174. The Labute approximate surface area is 201 Å². The van der Waals surface area contributed by atoms with Crippen molar-refractivity contribution in [1.29, 1.82) is 0 Å². The van der Waals surface area contributed by atoms with E-state index in [1.165, 1.54) is 15.9 Å². The van der Waals surface area contributed by atoms with Crippen LogP contribution in [0, 0.1) is 6.92 Å². The molecule has 0 saturated carbocycles. The van der Waals surface area contributed by atoms with Crippen LogP contribution >= 0.6 is 23.1 Å². The Bertz CT molecular complexity index is 1380. The Morgan fingerprint density at radius 1 is 1.24 bits per heavy atom. The summed E-state index contributed by atoms with van der Waals surface area (Å²) in [7, 11) is 0. The third-order valence-electron chi connectivity index (χ3n) is 5.31. The molecule has 0 aliphatic rings. The number of hydrogen-bond acceptors (Lipinski definition) is 6. The molecule has 168 valence electrons. The largest absolute Gasteiger partial charge is 0.508 e. The summed E-state index contributed by atoms with van der Waals surface area (Å²) in [6, 6.07) is 15.4. The van der Waals surface area contributed by atoms with Gasteiger partial charge in [0.2, 0.25) is 0 Å². The van der Waals surface area contributed by atoms with Crippen LogP contribution in [0.1, 0.15) is 41.6 Å². The van der Waals surface area contributed by atoms with E-state index in [4.69, 9.17) is 9.40 Å². The molecule has 4 rings (SSSR count). The second kappa shape index (κ2) is 10.2. The highest BCUT2D eigenvalue weighted by Crippen LogP contribution is 2.29. The molecular formula is C27H25NO3S2. The summed E-state index contributed by atoms with van der Waals surface area (Å²) >= 11 is 3.28. The summed E-state index contributed by atoms with van der Waals surface area (Å²) in [5, 5.41) is 13.6. The standard InChI is InChI=1S/C27H25NO3S2/c1-4-21(33-22-8-6-5-7-9-22)11-10-17(2)23-16-32-26(28-23)14-20-13-19-12-18(3)24(29)15-25(19)31-27(20)30/h4-13,15-17,29H,14H2,1-3H3/b11-10-,21-4+. The number of aromatic hydroxyl groups is 1. The molecule has 0 bridgehead atoms. The summed E-state index contributed by atoms with van der Waals surface area (Å²) in [4.78, 5) is 19.6. The van der Waals surface area contributed by atoms with Crippen molar-refractivity contribution in [3.8, 4) is 5.75 Å². The van der Waals surface area contributed by atoms with E-state index in [9.17, 15) is 9.90 Å². The van der Waals surface area contributed by atoms with E-state index in [-0.39, 0.29) is 11.7 Å². The lowest BCUT2D eigenvalue weighted by molar-refractivity contribution is 0.468. The first-order valence-corrected chi connectivity index (χ1v) is 12.4. The van der Waals surface area contributed by atoms with Gasteiger partial charge >= 0.3 is 5.63 Å². The number of phenolic OH excluding ortho intramolecular Hbond substituents is 1. The van der Waals surface area contributed by atoms with Gasteiger partial charge < -0.3 is 9.52 Å². The zero-order valence-electron chi connectivity index (χ0n) is 18.7. The fourth-order valence-electron chi connectivity index (χ4n) is 3.37. The monoisotopic (exact) mass is 475 g/mol. The van der Waals surface area contributed by atoms with Crippen molar-refractivity contribution in [3.05, 3.63) is 109 Å². The molecule has 0 amide bonds. The molecule has 1 unspecified atom stereocenters. The molecule has 0 aliphatic heterocycles. The lowest BCUT2D eigenvalue weighted by Crippen LogP contribution is -2.07. The number of allylic oxidation sites excluding steroid dienone is 3. The maximum absolute atomic E-state index is 12.4. The second-order valence-electron chi connectivity index (χ2n) is 7.83. The molecule has 6 heteroatoms. The molecule has 0 fully saturated rings. The Hall–Kier alpha value is -3.09. The molecular weight excluding hydrogens is 450 g/mol. The van der Waals surface area contributed by atoms with Gasteiger partial charge in [-0.15, -0.1) is 11.3 Å². The number of thioether (sulfide) groups is 1. The topological polar surface area (TPSA) is 63.3 Å². The van der Waals surface area contributed by atoms with Gasteiger partial charge in [0, 0.05) is 44.5 Å². The highest BCUT2D eigenvalue weighted by molar-refractivity contribution is 8.03. The number of aromatic nitrogens is 1. The smallest absolute Gasteiger partial charge is 0.339 e. The molecule has 2 aromatic heterocycles. The van der Waals surface area contributed by atoms with E-state index >= 15 is 0 Å². The van der Waals surface area contributed by atoms with E-state index in [2.05, 4.69) is 42.7 Å². The van der Waals surface area contributed by atoms with Crippen molar-refractivity contribution in [2.75, 3.05) is 0 Å². The molecule has 0 spiro atoms. The fourth-order valence-corrected chi connectivity index (χ4v) is 5.12. The number of hydrogen-bond donors (Lipinski definition) is 1. The third kappa shape index (κ3) is 5.64. The Balaban J connectivity index is 1.47. The number of fused-ring (bicyclic) bond motifs is 1. The number of phenols is 1. The van der Waals surface area contributed by atoms with Crippen molar-refractivity contribution in [2.45, 2.75) is 38.0 Å². The van der Waals surface area contributed by atoms with Crippen LogP contribution in [0.15, 0.2) is 91.2 Å². The fraction of sp³-hybridized carbons (Fsp3) is 0.185. The summed E-state index contributed by atoms with van der Waals surface area (Å²) in [5.74, 6) is 0.271. The van der Waals surface area contributed by atoms with Crippen molar-refractivity contribution < 1.29 is 9.52 Å². The van der Waals surface area contributed by atoms with Gasteiger partial charge in [-0.05, 0) is 43.7 Å². The van der Waals surface area contributed by atoms with Crippen LogP contribution in [-0.4, -0.2) is 10.1 Å². The lowest BCUT2D eigenvalue weighted by Gasteiger charge is -2.05. The van der Waals surface area contributed by atoms with Gasteiger partial charge in [-0.3, -0.25) is 0 Å². The van der Waals surface area contributed by atoms with Crippen LogP contribution in [0.25, 0.3) is 11.0 Å². The summed E-state index contributed by atoms with van der Waals surface area (Å²) in [6.07, 6.45) is 6.82. The number of thiazole rings is 1. The van der Waals surface area contributed by atoms with Gasteiger partial charge in [-0.25, -0.2) is 9.78 Å². The van der Waals surface area contributed by atoms with Crippen molar-refractivity contribution in [2.24, 2.45) is 0 Å². The van der Waals surface area contributed by atoms with Gasteiger partial charge in [-0.2, -0.15) is 0 Å². The first kappa shape index (κ1) is 23.1. The minimum atomic E-state index is -0.397. The van der Waals surface area contributed by atoms with E-state index < -0.39 is 5.63 Å². The normalized spacial score (nSPS) is 13.1. The minimum absolute atomic E-state index is 0.119. The SMILES string of the molecule is C/C=C(\C=C/C(C)c1csc(Cc2cc3cc(C)c(O)cc3oc2=O)n1)Sc1ccccc1. The average Bonchev–Trinajstić information content (AvgIpc) is 3.28. The first-order valence-electron chi connectivity index (χ1n) is 10.7. The molecule has 2 heterocycles. The van der Waals surface area contributed by atoms with E-state index in [0.29, 0.717) is 17.6 Å². The Morgan fingerprint density at radius 3 is 2.79 bits per heavy atom. The molecule has 1 N–H and O–H groups in total. The van der Waals surface area contributed by atoms with Crippen LogP contribution in [0.4, 0.5) is 0 Å². The average molecular weight is 476 g/mol. The Morgan fingerprint density at radius 2 is 2.03 bits per heavy atom. The summed E-state index contributed by atoms with van der Waals surface area (Å²) in [5.41, 5.74) is 2.28. The third-order valence-corrected chi connectivity index (χ3v) is 7.30. The predicted molar refractivity (Wildman–Crippen MR) is 137 cm³/mol. The molecule has 4 nitrogen and oxygen atoms in total. The maximum atomic E-state index is 12.4. The minimum Gasteiger partial charge on any atom is -0.508 e. The zero-order valence-corrected chi connectivity index (χ0v) is 20.4. The van der Waals surface area contributed by atoms with Crippen LogP contribution in [-0.2, 0) is 6.42 Å². The van der Waals surface area contributed by atoms with Crippen LogP contribution in [0.3, 0.4) is 0 Å². The van der Waals surface area contributed by atoms with Crippen LogP contribution in [0.2, 0.25) is 0 Å².